The number of carbonyl (C=O) groups is 1. The van der Waals surface area contributed by atoms with E-state index in [4.69, 9.17) is 10.2 Å². The molecule has 0 bridgehead atoms. The number of nitrogens with one attached hydrogen (secondary N) is 1. The van der Waals surface area contributed by atoms with E-state index in [1.54, 1.807) is 24.8 Å². The van der Waals surface area contributed by atoms with Crippen molar-refractivity contribution in [3.8, 4) is 11.5 Å². The largest absolute Gasteiger partial charge is 0.421 e. The second kappa shape index (κ2) is 7.24. The Morgan fingerprint density at radius 1 is 1.43 bits per heavy atom. The zero-order chi connectivity index (χ0) is 15.2. The van der Waals surface area contributed by atoms with Crippen molar-refractivity contribution in [2.75, 3.05) is 17.3 Å². The number of amides is 1. The topological polar surface area (TPSA) is 94.0 Å². The lowest BCUT2D eigenvalue weighted by molar-refractivity contribution is -0.117. The summed E-state index contributed by atoms with van der Waals surface area (Å²) in [6, 6.07) is 6.74. The van der Waals surface area contributed by atoms with Gasteiger partial charge >= 0.3 is 0 Å². The molecule has 0 radical (unpaired) electrons. The van der Waals surface area contributed by atoms with Crippen LogP contribution in [0.4, 0.5) is 5.69 Å². The highest BCUT2D eigenvalue weighted by Gasteiger charge is 2.17. The average molecular weight is 306 g/mol. The molecule has 1 aromatic carbocycles. The highest BCUT2D eigenvalue weighted by Crippen LogP contribution is 2.26. The van der Waals surface area contributed by atoms with Gasteiger partial charge in [-0.15, -0.1) is 10.2 Å². The van der Waals surface area contributed by atoms with E-state index in [9.17, 15) is 4.79 Å². The number of aryl methyl sites for hydroxylation is 1. The second-order valence-electron chi connectivity index (χ2n) is 4.55. The molecule has 0 aliphatic heterocycles. The predicted molar refractivity (Wildman–Crippen MR) is 84.1 cm³/mol. The lowest BCUT2D eigenvalue weighted by atomic mass is 10.1. The normalized spacial score (nSPS) is 12.1. The number of thioether (sulfide) groups is 1. The van der Waals surface area contributed by atoms with E-state index in [0.29, 0.717) is 29.5 Å². The molecule has 6 nitrogen and oxygen atoms in total. The summed E-state index contributed by atoms with van der Waals surface area (Å²) in [5.74, 6) is 1.48. The Morgan fingerprint density at radius 2 is 2.19 bits per heavy atom. The molecule has 1 aromatic heterocycles. The van der Waals surface area contributed by atoms with Gasteiger partial charge in [0.1, 0.15) is 0 Å². The summed E-state index contributed by atoms with van der Waals surface area (Å²) < 4.78 is 5.41. The minimum absolute atomic E-state index is 0.215. The Morgan fingerprint density at radius 3 is 2.86 bits per heavy atom. The van der Waals surface area contributed by atoms with Gasteiger partial charge in [0, 0.05) is 6.92 Å². The average Bonchev–Trinajstić information content (AvgIpc) is 2.91. The zero-order valence-corrected chi connectivity index (χ0v) is 12.8. The standard InChI is InChI=1S/C14H18N4O2S/c1-9-17-18-14(20-9)10-5-3-4-6-12(10)16-13(19)11(15)7-8-21-2/h3-6,11H,7-8,15H2,1-2H3,(H,16,19)/t11-/m1/s1. The van der Waals surface area contributed by atoms with Crippen LogP contribution in [0.3, 0.4) is 0 Å². The minimum Gasteiger partial charge on any atom is -0.421 e. The lowest BCUT2D eigenvalue weighted by Crippen LogP contribution is -2.36. The minimum atomic E-state index is -0.532. The van der Waals surface area contributed by atoms with Gasteiger partial charge in [-0.05, 0) is 30.6 Å². The third kappa shape index (κ3) is 4.05. The van der Waals surface area contributed by atoms with Crippen LogP contribution < -0.4 is 11.1 Å². The van der Waals surface area contributed by atoms with Gasteiger partial charge in [0.15, 0.2) is 0 Å². The van der Waals surface area contributed by atoms with Gasteiger partial charge in [0.25, 0.3) is 0 Å². The van der Waals surface area contributed by atoms with E-state index in [0.717, 1.165) is 5.75 Å². The summed E-state index contributed by atoms with van der Waals surface area (Å²) in [5, 5.41) is 10.6. The molecule has 1 atom stereocenters. The van der Waals surface area contributed by atoms with E-state index < -0.39 is 6.04 Å². The molecule has 0 unspecified atom stereocenters. The van der Waals surface area contributed by atoms with Crippen molar-refractivity contribution >= 4 is 23.4 Å². The van der Waals surface area contributed by atoms with Crippen molar-refractivity contribution in [3.63, 3.8) is 0 Å². The third-order valence-electron chi connectivity index (χ3n) is 2.91. The van der Waals surface area contributed by atoms with Crippen LogP contribution in [0, 0.1) is 6.92 Å². The van der Waals surface area contributed by atoms with Crippen LogP contribution in [0.5, 0.6) is 0 Å². The molecular formula is C14H18N4O2S. The molecule has 0 fully saturated rings. The molecule has 1 amide bonds. The van der Waals surface area contributed by atoms with Crippen molar-refractivity contribution in [2.24, 2.45) is 5.73 Å². The Kier molecular flexibility index (Phi) is 5.35. The van der Waals surface area contributed by atoms with E-state index >= 15 is 0 Å². The smallest absolute Gasteiger partial charge is 0.249 e. The first kappa shape index (κ1) is 15.5. The number of nitrogens with two attached hydrogens (primary N) is 1. The number of carbonyl (C=O) groups excluding carboxylic acids is 1. The van der Waals surface area contributed by atoms with Gasteiger partial charge in [-0.25, -0.2) is 0 Å². The molecule has 7 heteroatoms. The van der Waals surface area contributed by atoms with Crippen molar-refractivity contribution in [3.05, 3.63) is 30.2 Å². The maximum absolute atomic E-state index is 12.1. The summed E-state index contributed by atoms with van der Waals surface area (Å²) in [5.41, 5.74) is 7.17. The summed E-state index contributed by atoms with van der Waals surface area (Å²) >= 11 is 1.66. The van der Waals surface area contributed by atoms with Crippen LogP contribution in [0.2, 0.25) is 0 Å². The van der Waals surface area contributed by atoms with Gasteiger partial charge in [0.05, 0.1) is 17.3 Å². The number of hydrogen-bond donors (Lipinski definition) is 2. The number of hydrogen-bond acceptors (Lipinski definition) is 6. The zero-order valence-electron chi connectivity index (χ0n) is 12.0. The van der Waals surface area contributed by atoms with Crippen LogP contribution in [-0.2, 0) is 4.79 Å². The molecule has 2 rings (SSSR count). The number of nitrogens with zero attached hydrogens (tertiary/aromatic N) is 2. The molecule has 1 heterocycles. The Bertz CT molecular complexity index is 615. The molecule has 3 N–H and O–H groups in total. The van der Waals surface area contributed by atoms with Crippen LogP contribution >= 0.6 is 11.8 Å². The van der Waals surface area contributed by atoms with Crippen LogP contribution in [0.15, 0.2) is 28.7 Å². The second-order valence-corrected chi connectivity index (χ2v) is 5.53. The molecule has 0 aliphatic carbocycles. The third-order valence-corrected chi connectivity index (χ3v) is 3.56. The molecule has 0 spiro atoms. The van der Waals surface area contributed by atoms with E-state index in [1.165, 1.54) is 0 Å². The van der Waals surface area contributed by atoms with Gasteiger partial charge < -0.3 is 15.5 Å². The highest BCUT2D eigenvalue weighted by molar-refractivity contribution is 7.98. The molecule has 0 saturated carbocycles. The molecule has 21 heavy (non-hydrogen) atoms. The predicted octanol–water partition coefficient (Wildman–Crippen LogP) is 2.06. The molecule has 0 aliphatic rings. The van der Waals surface area contributed by atoms with Crippen molar-refractivity contribution < 1.29 is 9.21 Å². The Labute approximate surface area is 127 Å². The van der Waals surface area contributed by atoms with E-state index in [2.05, 4.69) is 15.5 Å². The van der Waals surface area contributed by atoms with E-state index in [1.807, 2.05) is 24.5 Å². The summed E-state index contributed by atoms with van der Waals surface area (Å²) in [7, 11) is 0. The van der Waals surface area contributed by atoms with Crippen molar-refractivity contribution in [2.45, 2.75) is 19.4 Å². The number of rotatable bonds is 6. The monoisotopic (exact) mass is 306 g/mol. The fourth-order valence-corrected chi connectivity index (χ4v) is 2.27. The summed E-state index contributed by atoms with van der Waals surface area (Å²) in [6.07, 6.45) is 2.62. The van der Waals surface area contributed by atoms with Crippen molar-refractivity contribution in [1.82, 2.24) is 10.2 Å². The number of anilines is 1. The first-order valence-corrected chi connectivity index (χ1v) is 7.96. The van der Waals surface area contributed by atoms with Gasteiger partial charge in [-0.1, -0.05) is 12.1 Å². The van der Waals surface area contributed by atoms with Crippen molar-refractivity contribution in [1.29, 1.82) is 0 Å². The SMILES string of the molecule is CSCC[C@@H](N)C(=O)Nc1ccccc1-c1nnc(C)o1. The Balaban J connectivity index is 2.15. The first-order valence-electron chi connectivity index (χ1n) is 6.56. The van der Waals surface area contributed by atoms with E-state index in [-0.39, 0.29) is 5.91 Å². The first-order chi connectivity index (χ1) is 10.1. The fourth-order valence-electron chi connectivity index (χ4n) is 1.79. The molecular weight excluding hydrogens is 288 g/mol. The summed E-state index contributed by atoms with van der Waals surface area (Å²) in [6.45, 7) is 1.72. The van der Waals surface area contributed by atoms with Crippen LogP contribution in [-0.4, -0.2) is 34.2 Å². The molecule has 2 aromatic rings. The Hall–Kier alpha value is -1.86. The fraction of sp³-hybridized carbons (Fsp3) is 0.357. The lowest BCUT2D eigenvalue weighted by Gasteiger charge is -2.13. The van der Waals surface area contributed by atoms with Gasteiger partial charge in [0.2, 0.25) is 17.7 Å². The maximum atomic E-state index is 12.1. The molecule has 0 saturated heterocycles. The quantitative estimate of drug-likeness (QED) is 0.848. The summed E-state index contributed by atoms with van der Waals surface area (Å²) in [4.78, 5) is 12.1. The highest BCUT2D eigenvalue weighted by atomic mass is 32.2. The number of benzene rings is 1. The molecule has 112 valence electrons. The van der Waals surface area contributed by atoms with Gasteiger partial charge in [-0.2, -0.15) is 11.8 Å². The maximum Gasteiger partial charge on any atom is 0.249 e. The van der Waals surface area contributed by atoms with Crippen LogP contribution in [0.25, 0.3) is 11.5 Å². The number of para-hydroxylation sites is 1. The van der Waals surface area contributed by atoms with Gasteiger partial charge in [-0.3, -0.25) is 4.79 Å². The van der Waals surface area contributed by atoms with Crippen LogP contribution in [0.1, 0.15) is 12.3 Å². The number of aromatic nitrogens is 2.